The summed E-state index contributed by atoms with van der Waals surface area (Å²) in [5.74, 6) is 2.76. The van der Waals surface area contributed by atoms with E-state index < -0.39 is 0 Å². The Morgan fingerprint density at radius 2 is 1.86 bits per heavy atom. The molecular weight excluding hydrogens is 350 g/mol. The first-order valence-corrected chi connectivity index (χ1v) is 10.7. The number of rotatable bonds is 4. The molecule has 2 saturated heterocycles. The standard InChI is InChI=1S/C22H29N5O/c1-4-19-20(5-1)24-21(18-6-8-23-9-7-18)25-22(19)27-10-2-3-17(16-27)15-26-11-13-28-14-12-26/h6-9,17H,1-5,10-16H2. The largest absolute Gasteiger partial charge is 0.379 e. The molecule has 0 radical (unpaired) electrons. The number of hydrogen-bond acceptors (Lipinski definition) is 6. The molecule has 1 aliphatic carbocycles. The molecule has 0 saturated carbocycles. The fourth-order valence-electron chi connectivity index (χ4n) is 4.86. The van der Waals surface area contributed by atoms with Gasteiger partial charge in [-0.25, -0.2) is 9.97 Å². The van der Waals surface area contributed by atoms with E-state index in [1.54, 1.807) is 0 Å². The van der Waals surface area contributed by atoms with Gasteiger partial charge >= 0.3 is 0 Å². The fraction of sp³-hybridized carbons (Fsp3) is 0.591. The SMILES string of the molecule is c1cc(-c2nc3c(c(N4CCCC(CN5CCOCC5)C4)n2)CCC3)ccn1. The topological polar surface area (TPSA) is 54.4 Å². The molecule has 6 heteroatoms. The Morgan fingerprint density at radius 1 is 1.00 bits per heavy atom. The molecule has 1 atom stereocenters. The van der Waals surface area contributed by atoms with Gasteiger partial charge in [0.25, 0.3) is 0 Å². The smallest absolute Gasteiger partial charge is 0.161 e. The van der Waals surface area contributed by atoms with E-state index in [1.807, 2.05) is 24.5 Å². The molecule has 0 spiro atoms. The van der Waals surface area contributed by atoms with Crippen LogP contribution >= 0.6 is 0 Å². The summed E-state index contributed by atoms with van der Waals surface area (Å²) in [6.07, 6.45) is 9.61. The number of piperidine rings is 1. The predicted octanol–water partition coefficient (Wildman–Crippen LogP) is 2.58. The maximum atomic E-state index is 5.51. The third-order valence-corrected chi connectivity index (χ3v) is 6.29. The monoisotopic (exact) mass is 379 g/mol. The first kappa shape index (κ1) is 18.0. The van der Waals surface area contributed by atoms with Crippen LogP contribution in [-0.4, -0.2) is 65.8 Å². The van der Waals surface area contributed by atoms with Crippen LogP contribution in [0, 0.1) is 5.92 Å². The second-order valence-corrected chi connectivity index (χ2v) is 8.25. The van der Waals surface area contributed by atoms with Gasteiger partial charge in [-0.05, 0) is 50.2 Å². The Kier molecular flexibility index (Phi) is 5.23. The van der Waals surface area contributed by atoms with Crippen molar-refractivity contribution >= 4 is 5.82 Å². The number of fused-ring (bicyclic) bond motifs is 1. The van der Waals surface area contributed by atoms with Crippen molar-refractivity contribution in [1.29, 1.82) is 0 Å². The molecule has 0 amide bonds. The minimum Gasteiger partial charge on any atom is -0.379 e. The lowest BCUT2D eigenvalue weighted by Gasteiger charge is -2.38. The molecule has 2 aliphatic heterocycles. The molecule has 0 N–H and O–H groups in total. The summed E-state index contributed by atoms with van der Waals surface area (Å²) in [7, 11) is 0. The molecule has 2 aromatic heterocycles. The number of nitrogens with zero attached hydrogens (tertiary/aromatic N) is 5. The van der Waals surface area contributed by atoms with Crippen LogP contribution in [0.15, 0.2) is 24.5 Å². The number of anilines is 1. The first-order chi connectivity index (χ1) is 13.9. The van der Waals surface area contributed by atoms with Gasteiger partial charge in [-0.1, -0.05) is 0 Å². The molecule has 2 fully saturated rings. The van der Waals surface area contributed by atoms with E-state index in [9.17, 15) is 0 Å². The Hall–Kier alpha value is -2.05. The number of ether oxygens (including phenoxy) is 1. The number of hydrogen-bond donors (Lipinski definition) is 0. The van der Waals surface area contributed by atoms with Crippen LogP contribution in [0.5, 0.6) is 0 Å². The molecule has 6 nitrogen and oxygen atoms in total. The zero-order valence-corrected chi connectivity index (χ0v) is 16.5. The molecule has 1 unspecified atom stereocenters. The number of pyridine rings is 1. The van der Waals surface area contributed by atoms with Crippen molar-refractivity contribution < 1.29 is 4.74 Å². The quantitative estimate of drug-likeness (QED) is 0.814. The van der Waals surface area contributed by atoms with E-state index in [0.717, 1.165) is 63.6 Å². The maximum Gasteiger partial charge on any atom is 0.161 e. The van der Waals surface area contributed by atoms with Gasteiger partial charge in [0, 0.05) is 61.9 Å². The van der Waals surface area contributed by atoms with Crippen molar-refractivity contribution in [3.63, 3.8) is 0 Å². The minimum absolute atomic E-state index is 0.711. The zero-order chi connectivity index (χ0) is 18.8. The Bertz CT molecular complexity index is 806. The lowest BCUT2D eigenvalue weighted by molar-refractivity contribution is 0.0296. The minimum atomic E-state index is 0.711. The summed E-state index contributed by atoms with van der Waals surface area (Å²) in [6, 6.07) is 4.02. The van der Waals surface area contributed by atoms with Gasteiger partial charge in [0.1, 0.15) is 5.82 Å². The summed E-state index contributed by atoms with van der Waals surface area (Å²) >= 11 is 0. The third-order valence-electron chi connectivity index (χ3n) is 6.29. The molecular formula is C22H29N5O. The summed E-state index contributed by atoms with van der Waals surface area (Å²) in [4.78, 5) is 19.2. The van der Waals surface area contributed by atoms with Crippen LogP contribution in [0.2, 0.25) is 0 Å². The van der Waals surface area contributed by atoms with Crippen molar-refractivity contribution in [2.24, 2.45) is 5.92 Å². The van der Waals surface area contributed by atoms with Crippen LogP contribution in [0.25, 0.3) is 11.4 Å². The van der Waals surface area contributed by atoms with Crippen molar-refractivity contribution in [2.45, 2.75) is 32.1 Å². The lowest BCUT2D eigenvalue weighted by atomic mass is 9.96. The van der Waals surface area contributed by atoms with Crippen LogP contribution in [0.1, 0.15) is 30.5 Å². The number of aromatic nitrogens is 3. The highest BCUT2D eigenvalue weighted by Gasteiger charge is 2.28. The molecule has 0 bridgehead atoms. The second-order valence-electron chi connectivity index (χ2n) is 8.25. The van der Waals surface area contributed by atoms with E-state index in [1.165, 1.54) is 42.9 Å². The highest BCUT2D eigenvalue weighted by atomic mass is 16.5. The highest BCUT2D eigenvalue weighted by Crippen LogP contribution is 2.33. The lowest BCUT2D eigenvalue weighted by Crippen LogP contribution is -2.45. The summed E-state index contributed by atoms with van der Waals surface area (Å²) in [5.41, 5.74) is 3.71. The third kappa shape index (κ3) is 3.76. The van der Waals surface area contributed by atoms with Gasteiger partial charge in [0.2, 0.25) is 0 Å². The predicted molar refractivity (Wildman–Crippen MR) is 109 cm³/mol. The number of aryl methyl sites for hydroxylation is 1. The molecule has 0 aromatic carbocycles. The van der Waals surface area contributed by atoms with Crippen LogP contribution in [0.3, 0.4) is 0 Å². The van der Waals surface area contributed by atoms with Crippen molar-refractivity contribution in [2.75, 3.05) is 50.8 Å². The van der Waals surface area contributed by atoms with Crippen molar-refractivity contribution in [3.05, 3.63) is 35.8 Å². The van der Waals surface area contributed by atoms with Gasteiger partial charge in [0.15, 0.2) is 5.82 Å². The van der Waals surface area contributed by atoms with Gasteiger partial charge in [-0.15, -0.1) is 0 Å². The molecule has 28 heavy (non-hydrogen) atoms. The van der Waals surface area contributed by atoms with Gasteiger partial charge in [-0.3, -0.25) is 9.88 Å². The first-order valence-electron chi connectivity index (χ1n) is 10.7. The van der Waals surface area contributed by atoms with Crippen molar-refractivity contribution in [1.82, 2.24) is 19.9 Å². The van der Waals surface area contributed by atoms with Crippen molar-refractivity contribution in [3.8, 4) is 11.4 Å². The summed E-state index contributed by atoms with van der Waals surface area (Å²) in [5, 5.41) is 0. The van der Waals surface area contributed by atoms with E-state index in [0.29, 0.717) is 5.92 Å². The Labute approximate surface area is 167 Å². The highest BCUT2D eigenvalue weighted by molar-refractivity contribution is 5.61. The number of morpholine rings is 1. The van der Waals surface area contributed by atoms with Gasteiger partial charge in [0.05, 0.1) is 13.2 Å². The van der Waals surface area contributed by atoms with E-state index >= 15 is 0 Å². The normalized spacial score (nSPS) is 23.0. The molecule has 5 rings (SSSR count). The van der Waals surface area contributed by atoms with Gasteiger partial charge in [-0.2, -0.15) is 0 Å². The van der Waals surface area contributed by atoms with Crippen LogP contribution in [0.4, 0.5) is 5.82 Å². The van der Waals surface area contributed by atoms with E-state index in [2.05, 4.69) is 14.8 Å². The zero-order valence-electron chi connectivity index (χ0n) is 16.5. The average molecular weight is 380 g/mol. The maximum absolute atomic E-state index is 5.51. The molecule has 148 valence electrons. The molecule has 2 aromatic rings. The Morgan fingerprint density at radius 3 is 2.71 bits per heavy atom. The average Bonchev–Trinajstić information content (AvgIpc) is 3.23. The summed E-state index contributed by atoms with van der Waals surface area (Å²) in [6.45, 7) is 7.31. The molecule has 4 heterocycles. The molecule has 3 aliphatic rings. The second kappa shape index (κ2) is 8.13. The fourth-order valence-corrected chi connectivity index (χ4v) is 4.86. The van der Waals surface area contributed by atoms with Crippen LogP contribution < -0.4 is 4.90 Å². The Balaban J connectivity index is 1.39. The summed E-state index contributed by atoms with van der Waals surface area (Å²) < 4.78 is 5.51. The van der Waals surface area contributed by atoms with Gasteiger partial charge < -0.3 is 9.64 Å². The van der Waals surface area contributed by atoms with E-state index in [-0.39, 0.29) is 0 Å². The van der Waals surface area contributed by atoms with Crippen LogP contribution in [-0.2, 0) is 17.6 Å². The van der Waals surface area contributed by atoms with E-state index in [4.69, 9.17) is 14.7 Å².